The summed E-state index contributed by atoms with van der Waals surface area (Å²) in [6.07, 6.45) is -0.443. The lowest BCUT2D eigenvalue weighted by molar-refractivity contribution is 0.0529. The molecule has 0 saturated carbocycles. The van der Waals surface area contributed by atoms with E-state index in [1.165, 1.54) is 0 Å². The minimum absolute atomic E-state index is 0.413. The number of benzene rings is 1. The third-order valence-electron chi connectivity index (χ3n) is 2.52. The first kappa shape index (κ1) is 18.5. The summed E-state index contributed by atoms with van der Waals surface area (Å²) >= 11 is 11.1. The molecule has 0 unspecified atom stereocenters. The number of hydrogen-bond acceptors (Lipinski definition) is 3. The molecular formula is C15H22ClN3O2S. The van der Waals surface area contributed by atoms with Crippen LogP contribution in [0.5, 0.6) is 0 Å². The summed E-state index contributed by atoms with van der Waals surface area (Å²) in [6, 6.07) is 5.52. The number of carbonyl (C=O) groups is 1. The number of aryl methyl sites for hydroxylation is 1. The number of ether oxygens (including phenoxy) is 1. The molecule has 0 aliphatic heterocycles. The Morgan fingerprint density at radius 2 is 1.91 bits per heavy atom. The first-order chi connectivity index (χ1) is 10.2. The number of nitrogens with one attached hydrogen (secondary N) is 3. The van der Waals surface area contributed by atoms with Gasteiger partial charge in [-0.05, 0) is 63.7 Å². The zero-order chi connectivity index (χ0) is 16.8. The maximum absolute atomic E-state index is 11.4. The fraction of sp³-hybridized carbons (Fsp3) is 0.467. The molecule has 0 spiro atoms. The topological polar surface area (TPSA) is 62.4 Å². The summed E-state index contributed by atoms with van der Waals surface area (Å²) in [7, 11) is 0. The maximum atomic E-state index is 11.4. The summed E-state index contributed by atoms with van der Waals surface area (Å²) in [5.74, 6) is 0. The molecule has 0 aromatic heterocycles. The van der Waals surface area contributed by atoms with Crippen molar-refractivity contribution in [3.05, 3.63) is 28.8 Å². The minimum atomic E-state index is -0.500. The molecule has 1 rings (SSSR count). The van der Waals surface area contributed by atoms with E-state index in [1.807, 2.05) is 39.8 Å². The number of alkyl carbamates (subject to hydrolysis) is 1. The Morgan fingerprint density at radius 3 is 2.50 bits per heavy atom. The number of thiocarbonyl (C=S) groups is 1. The van der Waals surface area contributed by atoms with Crippen molar-refractivity contribution in [3.8, 4) is 0 Å². The molecule has 22 heavy (non-hydrogen) atoms. The third kappa shape index (κ3) is 7.47. The number of amides is 1. The highest BCUT2D eigenvalue weighted by atomic mass is 35.5. The summed E-state index contributed by atoms with van der Waals surface area (Å²) in [6.45, 7) is 8.31. The molecule has 0 atom stereocenters. The fourth-order valence-electron chi connectivity index (χ4n) is 1.59. The predicted molar refractivity (Wildman–Crippen MR) is 94.6 cm³/mol. The Labute approximate surface area is 141 Å². The van der Waals surface area contributed by atoms with Crippen LogP contribution < -0.4 is 16.0 Å². The van der Waals surface area contributed by atoms with Gasteiger partial charge >= 0.3 is 6.09 Å². The largest absolute Gasteiger partial charge is 0.444 e. The summed E-state index contributed by atoms with van der Waals surface area (Å²) < 4.78 is 5.13. The number of halogens is 1. The highest BCUT2D eigenvalue weighted by molar-refractivity contribution is 7.80. The molecule has 0 bridgehead atoms. The lowest BCUT2D eigenvalue weighted by Crippen LogP contribution is -2.39. The molecule has 1 aromatic rings. The first-order valence-corrected chi connectivity index (χ1v) is 7.74. The molecule has 5 nitrogen and oxygen atoms in total. The van der Waals surface area contributed by atoms with Gasteiger partial charge in [0.25, 0.3) is 0 Å². The highest BCUT2D eigenvalue weighted by Crippen LogP contribution is 2.19. The standard InChI is InChI=1S/C15H22ClN3O2S/c1-10-9-11(16)5-6-12(10)19-13(22)17-7-8-18-14(20)21-15(2,3)4/h5-6,9H,7-8H2,1-4H3,(H,18,20)(H2,17,19,22). The van der Waals surface area contributed by atoms with Gasteiger partial charge in [0.15, 0.2) is 5.11 Å². The van der Waals surface area contributed by atoms with Crippen LogP contribution in [0.3, 0.4) is 0 Å². The molecule has 0 fully saturated rings. The van der Waals surface area contributed by atoms with Gasteiger partial charge in [-0.3, -0.25) is 0 Å². The summed E-state index contributed by atoms with van der Waals surface area (Å²) in [4.78, 5) is 11.4. The average Bonchev–Trinajstić information content (AvgIpc) is 2.36. The van der Waals surface area contributed by atoms with E-state index >= 15 is 0 Å². The Hall–Kier alpha value is -1.53. The molecule has 1 amide bonds. The molecule has 0 radical (unpaired) electrons. The van der Waals surface area contributed by atoms with Crippen LogP contribution >= 0.6 is 23.8 Å². The van der Waals surface area contributed by atoms with Gasteiger partial charge in [-0.15, -0.1) is 0 Å². The molecule has 0 saturated heterocycles. The molecule has 0 aliphatic rings. The minimum Gasteiger partial charge on any atom is -0.444 e. The lowest BCUT2D eigenvalue weighted by Gasteiger charge is -2.19. The van der Waals surface area contributed by atoms with Crippen molar-refractivity contribution in [1.82, 2.24) is 10.6 Å². The van der Waals surface area contributed by atoms with Crippen LogP contribution in [0.1, 0.15) is 26.3 Å². The van der Waals surface area contributed by atoms with Crippen LogP contribution in [-0.2, 0) is 4.74 Å². The van der Waals surface area contributed by atoms with Gasteiger partial charge in [-0.25, -0.2) is 4.79 Å². The number of anilines is 1. The number of hydrogen-bond donors (Lipinski definition) is 3. The van der Waals surface area contributed by atoms with Crippen molar-refractivity contribution in [2.75, 3.05) is 18.4 Å². The molecule has 122 valence electrons. The Morgan fingerprint density at radius 1 is 1.27 bits per heavy atom. The molecule has 0 aliphatic carbocycles. The number of carbonyl (C=O) groups excluding carboxylic acids is 1. The Bertz CT molecular complexity index is 544. The van der Waals surface area contributed by atoms with Crippen LogP contribution in [0.4, 0.5) is 10.5 Å². The fourth-order valence-corrected chi connectivity index (χ4v) is 2.03. The van der Waals surface area contributed by atoms with E-state index in [2.05, 4.69) is 16.0 Å². The van der Waals surface area contributed by atoms with E-state index < -0.39 is 11.7 Å². The van der Waals surface area contributed by atoms with E-state index in [9.17, 15) is 4.79 Å². The van der Waals surface area contributed by atoms with E-state index in [0.29, 0.717) is 23.2 Å². The van der Waals surface area contributed by atoms with Crippen molar-refractivity contribution < 1.29 is 9.53 Å². The van der Waals surface area contributed by atoms with E-state index in [1.54, 1.807) is 6.07 Å². The second-order valence-electron chi connectivity index (χ2n) is 5.77. The van der Waals surface area contributed by atoms with E-state index in [0.717, 1.165) is 11.3 Å². The van der Waals surface area contributed by atoms with Gasteiger partial charge in [0, 0.05) is 23.8 Å². The van der Waals surface area contributed by atoms with Gasteiger partial charge in [0.2, 0.25) is 0 Å². The van der Waals surface area contributed by atoms with Gasteiger partial charge in [-0.1, -0.05) is 11.6 Å². The Balaban J connectivity index is 2.28. The normalized spacial score (nSPS) is 10.8. The van der Waals surface area contributed by atoms with Gasteiger partial charge in [0.05, 0.1) is 0 Å². The van der Waals surface area contributed by atoms with Crippen LogP contribution in [0.2, 0.25) is 5.02 Å². The monoisotopic (exact) mass is 343 g/mol. The summed E-state index contributed by atoms with van der Waals surface area (Å²) in [5, 5.41) is 9.91. The third-order valence-corrected chi connectivity index (χ3v) is 3.00. The smallest absolute Gasteiger partial charge is 0.407 e. The quantitative estimate of drug-likeness (QED) is 0.577. The van der Waals surface area contributed by atoms with Gasteiger partial charge in [-0.2, -0.15) is 0 Å². The first-order valence-electron chi connectivity index (χ1n) is 6.95. The van der Waals surface area contributed by atoms with Crippen LogP contribution in [0, 0.1) is 6.92 Å². The Kier molecular flexibility index (Phi) is 6.90. The maximum Gasteiger partial charge on any atom is 0.407 e. The van der Waals surface area contributed by atoms with Crippen LogP contribution in [-0.4, -0.2) is 29.9 Å². The number of rotatable bonds is 4. The molecular weight excluding hydrogens is 322 g/mol. The molecule has 3 N–H and O–H groups in total. The lowest BCUT2D eigenvalue weighted by atomic mass is 10.2. The zero-order valence-corrected chi connectivity index (χ0v) is 14.8. The SMILES string of the molecule is Cc1cc(Cl)ccc1NC(=S)NCCNC(=O)OC(C)(C)C. The van der Waals surface area contributed by atoms with E-state index in [4.69, 9.17) is 28.6 Å². The average molecular weight is 344 g/mol. The zero-order valence-electron chi connectivity index (χ0n) is 13.2. The second kappa shape index (κ2) is 8.19. The predicted octanol–water partition coefficient (Wildman–Crippen LogP) is 3.46. The van der Waals surface area contributed by atoms with Crippen LogP contribution in [0.15, 0.2) is 18.2 Å². The molecule has 7 heteroatoms. The van der Waals surface area contributed by atoms with Crippen molar-refractivity contribution in [3.63, 3.8) is 0 Å². The van der Waals surface area contributed by atoms with Crippen LogP contribution in [0.25, 0.3) is 0 Å². The van der Waals surface area contributed by atoms with Crippen molar-refractivity contribution in [1.29, 1.82) is 0 Å². The van der Waals surface area contributed by atoms with Crippen molar-refractivity contribution in [2.45, 2.75) is 33.3 Å². The highest BCUT2D eigenvalue weighted by Gasteiger charge is 2.15. The van der Waals surface area contributed by atoms with Crippen molar-refractivity contribution >= 4 is 40.7 Å². The van der Waals surface area contributed by atoms with Crippen molar-refractivity contribution in [2.24, 2.45) is 0 Å². The second-order valence-corrected chi connectivity index (χ2v) is 6.61. The summed E-state index contributed by atoms with van der Waals surface area (Å²) in [5.41, 5.74) is 1.39. The van der Waals surface area contributed by atoms with E-state index in [-0.39, 0.29) is 0 Å². The molecule has 1 aromatic carbocycles. The van der Waals surface area contributed by atoms with Gasteiger partial charge in [0.1, 0.15) is 5.60 Å². The van der Waals surface area contributed by atoms with Gasteiger partial charge < -0.3 is 20.7 Å². The molecule has 0 heterocycles.